The molecule has 2 amide bonds. The minimum Gasteiger partial charge on any atom is -0.492 e. The van der Waals surface area contributed by atoms with Gasteiger partial charge in [-0.25, -0.2) is 9.18 Å². The summed E-state index contributed by atoms with van der Waals surface area (Å²) in [5, 5.41) is 7.29. The van der Waals surface area contributed by atoms with Gasteiger partial charge in [0.15, 0.2) is 0 Å². The zero-order valence-corrected chi connectivity index (χ0v) is 17.1. The molecular formula is C20H23ClFN5O2. The van der Waals surface area contributed by atoms with Crippen molar-refractivity contribution in [3.8, 4) is 0 Å². The Hall–Kier alpha value is -2.74. The van der Waals surface area contributed by atoms with E-state index in [4.69, 9.17) is 16.3 Å². The second-order valence-corrected chi connectivity index (χ2v) is 7.95. The Balaban J connectivity index is 1.54. The van der Waals surface area contributed by atoms with Gasteiger partial charge in [-0.2, -0.15) is 5.10 Å². The smallest absolute Gasteiger partial charge is 0.322 e. The molecule has 0 aliphatic carbocycles. The lowest BCUT2D eigenvalue weighted by molar-refractivity contribution is 0.113. The van der Waals surface area contributed by atoms with Gasteiger partial charge in [-0.05, 0) is 32.0 Å². The predicted molar refractivity (Wildman–Crippen MR) is 110 cm³/mol. The lowest BCUT2D eigenvalue weighted by Crippen LogP contribution is -2.47. The van der Waals surface area contributed by atoms with Crippen molar-refractivity contribution in [3.05, 3.63) is 53.3 Å². The van der Waals surface area contributed by atoms with Crippen LogP contribution in [0.15, 0.2) is 36.7 Å². The summed E-state index contributed by atoms with van der Waals surface area (Å²) in [6.07, 6.45) is 1.88. The molecule has 3 heterocycles. The number of urea groups is 1. The Labute approximate surface area is 173 Å². The van der Waals surface area contributed by atoms with Crippen molar-refractivity contribution in [1.82, 2.24) is 14.7 Å². The van der Waals surface area contributed by atoms with Crippen LogP contribution in [0.2, 0.25) is 5.02 Å². The first-order chi connectivity index (χ1) is 13.8. The van der Waals surface area contributed by atoms with Crippen LogP contribution >= 0.6 is 11.6 Å². The largest absolute Gasteiger partial charge is 0.492 e. The molecule has 0 unspecified atom stereocenters. The van der Waals surface area contributed by atoms with E-state index >= 15 is 0 Å². The molecule has 0 spiro atoms. The van der Waals surface area contributed by atoms with Crippen molar-refractivity contribution in [1.29, 1.82) is 0 Å². The molecule has 1 fully saturated rings. The first-order valence-corrected chi connectivity index (χ1v) is 9.86. The first kappa shape index (κ1) is 19.6. The Morgan fingerprint density at radius 1 is 1.34 bits per heavy atom. The number of hydrogen-bond acceptors (Lipinski definition) is 4. The SMILES string of the molecule is C=C1CN(c2cnn3c2CN(C(=O)Nc2ccc(F)c(Cl)c2)[C@@H](C)C3)C[C@H](C)O1. The molecule has 2 atom stereocenters. The van der Waals surface area contributed by atoms with Crippen molar-refractivity contribution in [2.24, 2.45) is 0 Å². The number of carbonyl (C=O) groups is 1. The van der Waals surface area contributed by atoms with E-state index in [0.29, 0.717) is 25.3 Å². The van der Waals surface area contributed by atoms with Gasteiger partial charge in [0.25, 0.3) is 0 Å². The minimum absolute atomic E-state index is 0.0310. The molecular weight excluding hydrogens is 397 g/mol. The lowest BCUT2D eigenvalue weighted by Gasteiger charge is -2.37. The number of halogens is 2. The Bertz CT molecular complexity index is 962. The van der Waals surface area contributed by atoms with Crippen LogP contribution in [0.5, 0.6) is 0 Å². The molecule has 4 rings (SSSR count). The third-order valence-corrected chi connectivity index (χ3v) is 5.49. The van der Waals surface area contributed by atoms with Gasteiger partial charge >= 0.3 is 6.03 Å². The molecule has 0 bridgehead atoms. The summed E-state index contributed by atoms with van der Waals surface area (Å²) in [5.74, 6) is 0.196. The third kappa shape index (κ3) is 3.89. The number of nitrogens with zero attached hydrogens (tertiary/aromatic N) is 4. The van der Waals surface area contributed by atoms with Gasteiger partial charge in [0, 0.05) is 5.69 Å². The van der Waals surface area contributed by atoms with Crippen LogP contribution in [-0.2, 0) is 17.8 Å². The number of carbonyl (C=O) groups excluding carboxylic acids is 1. The first-order valence-electron chi connectivity index (χ1n) is 9.48. The molecule has 154 valence electrons. The van der Waals surface area contributed by atoms with E-state index in [1.807, 2.05) is 24.7 Å². The highest BCUT2D eigenvalue weighted by Crippen LogP contribution is 2.30. The van der Waals surface area contributed by atoms with Gasteiger partial charge in [-0.15, -0.1) is 0 Å². The fourth-order valence-corrected chi connectivity index (χ4v) is 4.00. The number of anilines is 2. The number of hydrogen-bond donors (Lipinski definition) is 1. The standard InChI is InChI=1S/C20H23ClFN5O2/c1-12-8-27-19(18(7-23-27)25-9-13(2)29-14(3)10-25)11-26(12)20(28)24-15-4-5-17(22)16(21)6-15/h4-7,12,14H,2,8-11H2,1,3H3,(H,24,28)/t12-,14-/m0/s1. The molecule has 2 aliphatic rings. The van der Waals surface area contributed by atoms with Crippen molar-refractivity contribution in [2.75, 3.05) is 23.3 Å². The Morgan fingerprint density at radius 3 is 2.86 bits per heavy atom. The fraction of sp³-hybridized carbons (Fsp3) is 0.400. The fourth-order valence-electron chi connectivity index (χ4n) is 3.82. The highest BCUT2D eigenvalue weighted by molar-refractivity contribution is 6.31. The van der Waals surface area contributed by atoms with E-state index in [2.05, 4.69) is 21.9 Å². The number of ether oxygens (including phenoxy) is 1. The second-order valence-electron chi connectivity index (χ2n) is 7.54. The normalized spacial score (nSPS) is 21.6. The highest BCUT2D eigenvalue weighted by Gasteiger charge is 2.32. The number of nitrogens with one attached hydrogen (secondary N) is 1. The van der Waals surface area contributed by atoms with E-state index in [1.54, 1.807) is 4.90 Å². The quantitative estimate of drug-likeness (QED) is 0.803. The molecule has 2 aliphatic heterocycles. The molecule has 7 nitrogen and oxygen atoms in total. The van der Waals surface area contributed by atoms with Crippen molar-refractivity contribution >= 4 is 29.0 Å². The molecule has 1 aromatic carbocycles. The number of morpholine rings is 1. The molecule has 1 aromatic heterocycles. The van der Waals surface area contributed by atoms with Crippen LogP contribution in [-0.4, -0.2) is 45.9 Å². The molecule has 0 radical (unpaired) electrons. The summed E-state index contributed by atoms with van der Waals surface area (Å²) in [5.41, 5.74) is 2.40. The van der Waals surface area contributed by atoms with E-state index in [0.717, 1.165) is 23.7 Å². The summed E-state index contributed by atoms with van der Waals surface area (Å²) in [4.78, 5) is 16.8. The highest BCUT2D eigenvalue weighted by atomic mass is 35.5. The number of aromatic nitrogens is 2. The summed E-state index contributed by atoms with van der Waals surface area (Å²) in [6.45, 7) is 10.3. The van der Waals surface area contributed by atoms with Gasteiger partial charge < -0.3 is 19.9 Å². The van der Waals surface area contributed by atoms with E-state index in [9.17, 15) is 9.18 Å². The van der Waals surface area contributed by atoms with E-state index in [1.165, 1.54) is 18.2 Å². The maximum absolute atomic E-state index is 13.4. The number of fused-ring (bicyclic) bond motifs is 1. The Morgan fingerprint density at radius 2 is 2.14 bits per heavy atom. The molecule has 9 heteroatoms. The average molecular weight is 420 g/mol. The van der Waals surface area contributed by atoms with Gasteiger partial charge in [0.1, 0.15) is 17.7 Å². The topological polar surface area (TPSA) is 62.6 Å². The molecule has 1 saturated heterocycles. The van der Waals surface area contributed by atoms with Crippen molar-refractivity contribution in [3.63, 3.8) is 0 Å². The van der Waals surface area contributed by atoms with Crippen LogP contribution in [0, 0.1) is 5.82 Å². The second kappa shape index (κ2) is 7.59. The van der Waals surface area contributed by atoms with E-state index < -0.39 is 5.82 Å². The molecule has 1 N–H and O–H groups in total. The maximum atomic E-state index is 13.4. The Kier molecular flexibility index (Phi) is 5.12. The van der Waals surface area contributed by atoms with Crippen LogP contribution < -0.4 is 10.2 Å². The van der Waals surface area contributed by atoms with Gasteiger partial charge in [-0.1, -0.05) is 18.2 Å². The van der Waals surface area contributed by atoms with Gasteiger partial charge in [0.05, 0.1) is 54.8 Å². The monoisotopic (exact) mass is 419 g/mol. The van der Waals surface area contributed by atoms with Gasteiger partial charge in [-0.3, -0.25) is 4.68 Å². The summed E-state index contributed by atoms with van der Waals surface area (Å²) < 4.78 is 21.0. The number of benzene rings is 1. The third-order valence-electron chi connectivity index (χ3n) is 5.20. The van der Waals surface area contributed by atoms with Crippen LogP contribution in [0.4, 0.5) is 20.6 Å². The number of amides is 2. The molecule has 2 aromatic rings. The maximum Gasteiger partial charge on any atom is 0.322 e. The lowest BCUT2D eigenvalue weighted by atomic mass is 10.1. The van der Waals surface area contributed by atoms with E-state index in [-0.39, 0.29) is 23.2 Å². The van der Waals surface area contributed by atoms with Crippen LogP contribution in [0.25, 0.3) is 0 Å². The average Bonchev–Trinajstić information content (AvgIpc) is 3.06. The molecule has 29 heavy (non-hydrogen) atoms. The minimum atomic E-state index is -0.522. The van der Waals surface area contributed by atoms with Crippen LogP contribution in [0.3, 0.4) is 0 Å². The zero-order chi connectivity index (χ0) is 20.7. The number of rotatable bonds is 2. The summed E-state index contributed by atoms with van der Waals surface area (Å²) in [6, 6.07) is 3.81. The molecule has 0 saturated carbocycles. The van der Waals surface area contributed by atoms with Crippen molar-refractivity contribution in [2.45, 2.75) is 39.1 Å². The van der Waals surface area contributed by atoms with Crippen LogP contribution in [0.1, 0.15) is 19.5 Å². The zero-order valence-electron chi connectivity index (χ0n) is 16.4. The summed E-state index contributed by atoms with van der Waals surface area (Å²) in [7, 11) is 0. The summed E-state index contributed by atoms with van der Waals surface area (Å²) >= 11 is 5.82. The van der Waals surface area contributed by atoms with Crippen molar-refractivity contribution < 1.29 is 13.9 Å². The predicted octanol–water partition coefficient (Wildman–Crippen LogP) is 3.85. The van der Waals surface area contributed by atoms with Gasteiger partial charge in [0.2, 0.25) is 0 Å².